The molecule has 172 valence electrons. The molecule has 0 radical (unpaired) electrons. The largest absolute Gasteiger partial charge is 0.497 e. The van der Waals surface area contributed by atoms with E-state index >= 15 is 0 Å². The molecule has 32 heavy (non-hydrogen) atoms. The van der Waals surface area contributed by atoms with Crippen LogP contribution in [0.1, 0.15) is 27.7 Å². The van der Waals surface area contributed by atoms with Gasteiger partial charge < -0.3 is 9.64 Å². The van der Waals surface area contributed by atoms with Crippen molar-refractivity contribution in [2.45, 2.75) is 39.8 Å². The van der Waals surface area contributed by atoms with Crippen molar-refractivity contribution < 1.29 is 4.74 Å². The maximum absolute atomic E-state index is 5.33. The maximum atomic E-state index is 5.33. The van der Waals surface area contributed by atoms with Gasteiger partial charge in [-0.1, -0.05) is 12.1 Å². The molecule has 8 heteroatoms. The fraction of sp³-hybridized carbons (Fsp3) is 0.542. The minimum atomic E-state index is 0.570. The van der Waals surface area contributed by atoms with Crippen LogP contribution in [0.5, 0.6) is 5.75 Å². The first kappa shape index (κ1) is 22.5. The van der Waals surface area contributed by atoms with E-state index in [2.05, 4.69) is 69.6 Å². The zero-order chi connectivity index (χ0) is 22.7. The average molecular weight is 438 g/mol. The van der Waals surface area contributed by atoms with Gasteiger partial charge in [-0.05, 0) is 45.4 Å². The number of aromatic nitrogens is 4. The van der Waals surface area contributed by atoms with E-state index in [1.807, 2.05) is 22.8 Å². The molecule has 1 aliphatic rings. The van der Waals surface area contributed by atoms with E-state index in [1.54, 1.807) is 13.4 Å². The van der Waals surface area contributed by atoms with Crippen LogP contribution >= 0.6 is 0 Å². The summed E-state index contributed by atoms with van der Waals surface area (Å²) in [6.07, 6.45) is 3.49. The molecule has 4 rings (SSSR count). The van der Waals surface area contributed by atoms with Crippen molar-refractivity contribution in [1.29, 1.82) is 0 Å². The van der Waals surface area contributed by atoms with Gasteiger partial charge >= 0.3 is 0 Å². The van der Waals surface area contributed by atoms with Crippen molar-refractivity contribution in [3.8, 4) is 16.9 Å². The Bertz CT molecular complexity index is 999. The quantitative estimate of drug-likeness (QED) is 0.537. The normalized spacial score (nSPS) is 15.4. The van der Waals surface area contributed by atoms with E-state index in [9.17, 15) is 0 Å². The van der Waals surface area contributed by atoms with Gasteiger partial charge in [0.2, 0.25) is 0 Å². The summed E-state index contributed by atoms with van der Waals surface area (Å²) in [4.78, 5) is 16.4. The number of methoxy groups -OCH3 is 1. The summed E-state index contributed by atoms with van der Waals surface area (Å²) in [5.74, 6) is 2.53. The van der Waals surface area contributed by atoms with Gasteiger partial charge in [0.15, 0.2) is 0 Å². The van der Waals surface area contributed by atoms with Gasteiger partial charge in [0.1, 0.15) is 17.9 Å². The van der Waals surface area contributed by atoms with Crippen LogP contribution in [0.2, 0.25) is 0 Å². The van der Waals surface area contributed by atoms with E-state index in [-0.39, 0.29) is 0 Å². The summed E-state index contributed by atoms with van der Waals surface area (Å²) < 4.78 is 7.20. The van der Waals surface area contributed by atoms with Gasteiger partial charge in [0.05, 0.1) is 7.11 Å². The second-order valence-corrected chi connectivity index (χ2v) is 8.95. The third-order valence-corrected chi connectivity index (χ3v) is 6.35. The van der Waals surface area contributed by atoms with Crippen LogP contribution in [0.15, 0.2) is 36.8 Å². The first-order valence-corrected chi connectivity index (χ1v) is 11.5. The molecule has 0 aliphatic carbocycles. The Kier molecular flexibility index (Phi) is 6.91. The van der Waals surface area contributed by atoms with Crippen LogP contribution in [-0.4, -0.2) is 87.8 Å². The predicted molar refractivity (Wildman–Crippen MR) is 128 cm³/mol. The van der Waals surface area contributed by atoms with E-state index < -0.39 is 0 Å². The van der Waals surface area contributed by atoms with Crippen LogP contribution in [0.3, 0.4) is 0 Å². The topological polar surface area (TPSA) is 62.0 Å². The van der Waals surface area contributed by atoms with Crippen LogP contribution in [0, 0.1) is 0 Å². The highest BCUT2D eigenvalue weighted by molar-refractivity contribution is 5.77. The van der Waals surface area contributed by atoms with Gasteiger partial charge in [-0.15, -0.1) is 0 Å². The van der Waals surface area contributed by atoms with Gasteiger partial charge in [-0.3, -0.25) is 9.80 Å². The SMILES string of the molecule is COc1ccc(-c2cnc3ncnn3c2N2CCN(CCN(C(C)C)C(C)C)CC2)cc1. The van der Waals surface area contributed by atoms with Gasteiger partial charge in [0.25, 0.3) is 5.78 Å². The van der Waals surface area contributed by atoms with Crippen LogP contribution in [0.4, 0.5) is 5.82 Å². The van der Waals surface area contributed by atoms with Crippen molar-refractivity contribution in [2.75, 3.05) is 51.3 Å². The van der Waals surface area contributed by atoms with Gasteiger partial charge in [0, 0.05) is 63.1 Å². The summed E-state index contributed by atoms with van der Waals surface area (Å²) in [5, 5.41) is 4.49. The lowest BCUT2D eigenvalue weighted by Crippen LogP contribution is -2.50. The Balaban J connectivity index is 1.52. The molecular formula is C24H35N7O. The van der Waals surface area contributed by atoms with E-state index in [1.165, 1.54) is 0 Å². The predicted octanol–water partition coefficient (Wildman–Crippen LogP) is 3.04. The molecule has 3 heterocycles. The zero-order valence-electron chi connectivity index (χ0n) is 19.9. The number of nitrogens with zero attached hydrogens (tertiary/aromatic N) is 7. The molecule has 0 spiro atoms. The summed E-state index contributed by atoms with van der Waals surface area (Å²) in [6.45, 7) is 15.3. The number of piperazine rings is 1. The highest BCUT2D eigenvalue weighted by Crippen LogP contribution is 2.32. The molecule has 1 fully saturated rings. The standard InChI is InChI=1S/C24H35N7O/c1-18(2)30(19(3)4)15-12-28-10-13-29(14-11-28)23-22(16-25-24-26-17-27-31(23)24)20-6-8-21(32-5)9-7-20/h6-9,16-19H,10-15H2,1-5H3. The number of anilines is 1. The lowest BCUT2D eigenvalue weighted by atomic mass is 10.1. The minimum absolute atomic E-state index is 0.570. The van der Waals surface area contributed by atoms with Crippen LogP contribution in [0.25, 0.3) is 16.9 Å². The van der Waals surface area contributed by atoms with Gasteiger partial charge in [-0.25, -0.2) is 4.98 Å². The summed E-state index contributed by atoms with van der Waals surface area (Å²) in [5.41, 5.74) is 2.16. The highest BCUT2D eigenvalue weighted by Gasteiger charge is 2.24. The molecule has 0 saturated carbocycles. The number of benzene rings is 1. The number of hydrogen-bond acceptors (Lipinski definition) is 7. The number of fused-ring (bicyclic) bond motifs is 1. The molecule has 0 N–H and O–H groups in total. The molecular weight excluding hydrogens is 402 g/mol. The first-order valence-electron chi connectivity index (χ1n) is 11.5. The van der Waals surface area contributed by atoms with Gasteiger partial charge in [-0.2, -0.15) is 14.6 Å². The molecule has 1 aromatic carbocycles. The van der Waals surface area contributed by atoms with Crippen LogP contribution < -0.4 is 9.64 Å². The molecule has 0 atom stereocenters. The molecule has 1 saturated heterocycles. The van der Waals surface area contributed by atoms with E-state index in [0.717, 1.165) is 62.0 Å². The molecule has 0 bridgehead atoms. The zero-order valence-corrected chi connectivity index (χ0v) is 19.9. The van der Waals surface area contributed by atoms with Crippen LogP contribution in [-0.2, 0) is 0 Å². The lowest BCUT2D eigenvalue weighted by molar-refractivity contribution is 0.140. The van der Waals surface area contributed by atoms with E-state index in [0.29, 0.717) is 17.9 Å². The molecule has 0 amide bonds. The number of rotatable bonds is 8. The lowest BCUT2D eigenvalue weighted by Gasteiger charge is -2.38. The number of ether oxygens (including phenoxy) is 1. The Hall–Kier alpha value is -2.71. The van der Waals surface area contributed by atoms with Crippen molar-refractivity contribution in [1.82, 2.24) is 29.4 Å². The fourth-order valence-electron chi connectivity index (χ4n) is 4.60. The monoisotopic (exact) mass is 437 g/mol. The molecule has 3 aromatic rings. The molecule has 0 unspecified atom stereocenters. The number of hydrogen-bond donors (Lipinski definition) is 0. The molecule has 8 nitrogen and oxygen atoms in total. The van der Waals surface area contributed by atoms with E-state index in [4.69, 9.17) is 4.74 Å². The third kappa shape index (κ3) is 4.71. The molecule has 2 aromatic heterocycles. The summed E-state index contributed by atoms with van der Waals surface area (Å²) >= 11 is 0. The Morgan fingerprint density at radius 2 is 1.66 bits per heavy atom. The summed E-state index contributed by atoms with van der Waals surface area (Å²) in [6, 6.07) is 9.26. The van der Waals surface area contributed by atoms with Crippen molar-refractivity contribution >= 4 is 11.6 Å². The highest BCUT2D eigenvalue weighted by atomic mass is 16.5. The smallest absolute Gasteiger partial charge is 0.254 e. The van der Waals surface area contributed by atoms with Crippen molar-refractivity contribution in [2.24, 2.45) is 0 Å². The van der Waals surface area contributed by atoms with Crippen molar-refractivity contribution in [3.63, 3.8) is 0 Å². The maximum Gasteiger partial charge on any atom is 0.254 e. The average Bonchev–Trinajstić information content (AvgIpc) is 3.27. The Morgan fingerprint density at radius 1 is 0.969 bits per heavy atom. The summed E-state index contributed by atoms with van der Waals surface area (Å²) in [7, 11) is 1.69. The van der Waals surface area contributed by atoms with Crippen molar-refractivity contribution in [3.05, 3.63) is 36.8 Å². The molecule has 1 aliphatic heterocycles. The fourth-order valence-corrected chi connectivity index (χ4v) is 4.60. The Labute approximate surface area is 190 Å². The second-order valence-electron chi connectivity index (χ2n) is 8.95. The minimum Gasteiger partial charge on any atom is -0.497 e. The Morgan fingerprint density at radius 3 is 2.28 bits per heavy atom. The second kappa shape index (κ2) is 9.83. The first-order chi connectivity index (χ1) is 15.5. The third-order valence-electron chi connectivity index (χ3n) is 6.35.